The van der Waals surface area contributed by atoms with Gasteiger partial charge in [-0.05, 0) is 39.3 Å². The Balaban J connectivity index is 0. The number of unbranched alkanes of at least 4 members (excludes halogenated alkanes) is 3. The van der Waals surface area contributed by atoms with Gasteiger partial charge in [-0.15, -0.1) is 0 Å². The SMILES string of the molecule is CCCCCCN1CCCCC1C.O.O. The van der Waals surface area contributed by atoms with Crippen molar-refractivity contribution in [1.82, 2.24) is 4.90 Å². The standard InChI is InChI=1S/C12H25N.2H2O/c1-3-4-5-7-10-13-11-8-6-9-12(13)2;;/h12H,3-11H2,1-2H3;2*1H2. The fourth-order valence-electron chi connectivity index (χ4n) is 2.23. The summed E-state index contributed by atoms with van der Waals surface area (Å²) >= 11 is 0. The molecule has 0 aromatic carbocycles. The Morgan fingerprint density at radius 2 is 1.80 bits per heavy atom. The summed E-state index contributed by atoms with van der Waals surface area (Å²) in [6, 6.07) is 0.857. The number of rotatable bonds is 5. The summed E-state index contributed by atoms with van der Waals surface area (Å²) < 4.78 is 0. The molecule has 1 aliphatic rings. The van der Waals surface area contributed by atoms with E-state index in [0.717, 1.165) is 6.04 Å². The van der Waals surface area contributed by atoms with Crippen LogP contribution in [-0.2, 0) is 0 Å². The van der Waals surface area contributed by atoms with Gasteiger partial charge in [-0.3, -0.25) is 0 Å². The molecule has 4 N–H and O–H groups in total. The first-order valence-corrected chi connectivity index (χ1v) is 6.08. The highest BCUT2D eigenvalue weighted by Crippen LogP contribution is 2.16. The highest BCUT2D eigenvalue weighted by Gasteiger charge is 2.16. The van der Waals surface area contributed by atoms with Gasteiger partial charge in [0.05, 0.1) is 0 Å². The van der Waals surface area contributed by atoms with Crippen LogP contribution in [0.5, 0.6) is 0 Å². The molecule has 0 aliphatic carbocycles. The van der Waals surface area contributed by atoms with E-state index in [1.165, 1.54) is 58.0 Å². The summed E-state index contributed by atoms with van der Waals surface area (Å²) in [4.78, 5) is 2.68. The molecule has 94 valence electrons. The number of likely N-dealkylation sites (tertiary alicyclic amines) is 1. The van der Waals surface area contributed by atoms with Gasteiger partial charge in [0.2, 0.25) is 0 Å². The van der Waals surface area contributed by atoms with Crippen molar-refractivity contribution < 1.29 is 11.0 Å². The zero-order valence-electron chi connectivity index (χ0n) is 10.4. The van der Waals surface area contributed by atoms with Crippen LogP contribution in [0.4, 0.5) is 0 Å². The van der Waals surface area contributed by atoms with Gasteiger partial charge < -0.3 is 15.9 Å². The lowest BCUT2D eigenvalue weighted by Crippen LogP contribution is -2.37. The third-order valence-corrected chi connectivity index (χ3v) is 3.24. The molecule has 1 rings (SSSR count). The van der Waals surface area contributed by atoms with Crippen LogP contribution in [0, 0.1) is 0 Å². The molecule has 1 fully saturated rings. The molecule has 0 saturated carbocycles. The van der Waals surface area contributed by atoms with Crippen LogP contribution in [0.3, 0.4) is 0 Å². The van der Waals surface area contributed by atoms with Gasteiger partial charge in [-0.1, -0.05) is 32.6 Å². The minimum absolute atomic E-state index is 0. The molecular weight excluding hydrogens is 190 g/mol. The molecule has 1 atom stereocenters. The summed E-state index contributed by atoms with van der Waals surface area (Å²) in [5.41, 5.74) is 0. The monoisotopic (exact) mass is 219 g/mol. The lowest BCUT2D eigenvalue weighted by molar-refractivity contribution is 0.157. The van der Waals surface area contributed by atoms with Gasteiger partial charge in [0.15, 0.2) is 0 Å². The predicted octanol–water partition coefficient (Wildman–Crippen LogP) is 1.79. The molecular formula is C12H29NO2. The van der Waals surface area contributed by atoms with Gasteiger partial charge in [-0.25, -0.2) is 0 Å². The smallest absolute Gasteiger partial charge is 0.00669 e. The minimum atomic E-state index is 0. The molecule has 0 spiro atoms. The van der Waals surface area contributed by atoms with E-state index in [-0.39, 0.29) is 11.0 Å². The van der Waals surface area contributed by atoms with Crippen molar-refractivity contribution in [1.29, 1.82) is 0 Å². The average Bonchev–Trinajstić information content (AvgIpc) is 2.15. The normalized spacial score (nSPS) is 21.6. The van der Waals surface area contributed by atoms with Crippen molar-refractivity contribution in [2.24, 2.45) is 0 Å². The van der Waals surface area contributed by atoms with E-state index in [4.69, 9.17) is 0 Å². The molecule has 1 heterocycles. The van der Waals surface area contributed by atoms with Gasteiger partial charge in [-0.2, -0.15) is 0 Å². The molecule has 0 radical (unpaired) electrons. The first-order chi connectivity index (χ1) is 6.34. The van der Waals surface area contributed by atoms with E-state index in [9.17, 15) is 0 Å². The molecule has 0 amide bonds. The van der Waals surface area contributed by atoms with Crippen LogP contribution in [0.1, 0.15) is 58.8 Å². The quantitative estimate of drug-likeness (QED) is 0.650. The van der Waals surface area contributed by atoms with Gasteiger partial charge >= 0.3 is 0 Å². The number of nitrogens with zero attached hydrogens (tertiary/aromatic N) is 1. The predicted molar refractivity (Wildman–Crippen MR) is 66.3 cm³/mol. The largest absolute Gasteiger partial charge is 0.412 e. The van der Waals surface area contributed by atoms with Gasteiger partial charge in [0.1, 0.15) is 0 Å². The van der Waals surface area contributed by atoms with Crippen LogP contribution < -0.4 is 0 Å². The van der Waals surface area contributed by atoms with Crippen molar-refractivity contribution in [2.75, 3.05) is 13.1 Å². The van der Waals surface area contributed by atoms with E-state index in [0.29, 0.717) is 0 Å². The summed E-state index contributed by atoms with van der Waals surface area (Å²) in [5, 5.41) is 0. The molecule has 3 heteroatoms. The average molecular weight is 219 g/mol. The highest BCUT2D eigenvalue weighted by atomic mass is 16.0. The van der Waals surface area contributed by atoms with Crippen molar-refractivity contribution >= 4 is 0 Å². The Labute approximate surface area is 94.5 Å². The maximum absolute atomic E-state index is 2.68. The van der Waals surface area contributed by atoms with Crippen LogP contribution in [-0.4, -0.2) is 35.0 Å². The van der Waals surface area contributed by atoms with Crippen LogP contribution in [0.25, 0.3) is 0 Å². The zero-order valence-corrected chi connectivity index (χ0v) is 10.4. The summed E-state index contributed by atoms with van der Waals surface area (Å²) in [7, 11) is 0. The molecule has 1 saturated heterocycles. The Bertz CT molecular complexity index is 131. The first kappa shape index (κ1) is 17.3. The van der Waals surface area contributed by atoms with E-state index in [2.05, 4.69) is 18.7 Å². The lowest BCUT2D eigenvalue weighted by Gasteiger charge is -2.33. The number of hydrogen-bond acceptors (Lipinski definition) is 1. The summed E-state index contributed by atoms with van der Waals surface area (Å²) in [6.45, 7) is 7.37. The molecule has 15 heavy (non-hydrogen) atoms. The fraction of sp³-hybridized carbons (Fsp3) is 1.00. The van der Waals surface area contributed by atoms with Crippen molar-refractivity contribution in [3.05, 3.63) is 0 Å². The summed E-state index contributed by atoms with van der Waals surface area (Å²) in [6.07, 6.45) is 9.92. The van der Waals surface area contributed by atoms with E-state index in [1.807, 2.05) is 0 Å². The molecule has 0 bridgehead atoms. The van der Waals surface area contributed by atoms with Crippen LogP contribution in [0.15, 0.2) is 0 Å². The molecule has 0 aromatic rings. The zero-order chi connectivity index (χ0) is 9.52. The van der Waals surface area contributed by atoms with Crippen LogP contribution >= 0.6 is 0 Å². The van der Waals surface area contributed by atoms with E-state index < -0.39 is 0 Å². The third-order valence-electron chi connectivity index (χ3n) is 3.24. The minimum Gasteiger partial charge on any atom is -0.412 e. The van der Waals surface area contributed by atoms with E-state index in [1.54, 1.807) is 0 Å². The molecule has 1 unspecified atom stereocenters. The van der Waals surface area contributed by atoms with Gasteiger partial charge in [0.25, 0.3) is 0 Å². The fourth-order valence-corrected chi connectivity index (χ4v) is 2.23. The topological polar surface area (TPSA) is 66.2 Å². The molecule has 3 nitrogen and oxygen atoms in total. The second kappa shape index (κ2) is 10.4. The van der Waals surface area contributed by atoms with Crippen molar-refractivity contribution in [3.63, 3.8) is 0 Å². The molecule has 1 aliphatic heterocycles. The van der Waals surface area contributed by atoms with Crippen LogP contribution in [0.2, 0.25) is 0 Å². The third kappa shape index (κ3) is 6.88. The lowest BCUT2D eigenvalue weighted by atomic mass is 10.0. The molecule has 0 aromatic heterocycles. The Hall–Kier alpha value is -0.120. The van der Waals surface area contributed by atoms with Crippen molar-refractivity contribution in [3.8, 4) is 0 Å². The maximum Gasteiger partial charge on any atom is 0.00669 e. The number of hydrogen-bond donors (Lipinski definition) is 0. The Kier molecular flexibility index (Phi) is 12.0. The highest BCUT2D eigenvalue weighted by molar-refractivity contribution is 4.72. The van der Waals surface area contributed by atoms with E-state index >= 15 is 0 Å². The maximum atomic E-state index is 2.68. The first-order valence-electron chi connectivity index (χ1n) is 6.08. The van der Waals surface area contributed by atoms with Gasteiger partial charge in [0, 0.05) is 6.04 Å². The second-order valence-corrected chi connectivity index (χ2v) is 4.44. The summed E-state index contributed by atoms with van der Waals surface area (Å²) in [5.74, 6) is 0. The Morgan fingerprint density at radius 3 is 2.40 bits per heavy atom. The number of piperidine rings is 1. The Morgan fingerprint density at radius 1 is 1.07 bits per heavy atom. The second-order valence-electron chi connectivity index (χ2n) is 4.44. The van der Waals surface area contributed by atoms with Crippen molar-refractivity contribution in [2.45, 2.75) is 64.8 Å².